The Kier molecular flexibility index (Phi) is 5.81. The Balaban J connectivity index is 1.49. The lowest BCUT2D eigenvalue weighted by Gasteiger charge is -2.19. The molecule has 0 radical (unpaired) electrons. The number of aromatic nitrogens is 2. The molecule has 198 valence electrons. The fourth-order valence-corrected chi connectivity index (χ4v) is 6.64. The van der Waals surface area contributed by atoms with Gasteiger partial charge in [-0.15, -0.1) is 0 Å². The first kappa shape index (κ1) is 25.2. The van der Waals surface area contributed by atoms with Crippen molar-refractivity contribution >= 4 is 49.1 Å². The standard InChI is InChI=1S/C26H19ClN4O7S/c1-13-22-25(28-38-13)23-19(27)6-3-7-20(23)30(26(22)33)15-9-8-14-10-21(32)24(18(14)12-15)29-39(36,37)17-5-2-4-16(11-17)31(34)35/h2-9,11-12,21,24,29,32H,10H2,1H3. The molecule has 0 spiro atoms. The van der Waals surface area contributed by atoms with Crippen LogP contribution in [0.4, 0.5) is 5.69 Å². The molecule has 11 nitrogen and oxygen atoms in total. The molecule has 39 heavy (non-hydrogen) atoms. The summed E-state index contributed by atoms with van der Waals surface area (Å²) in [6.45, 7) is 1.63. The first-order chi connectivity index (χ1) is 18.6. The molecule has 2 heterocycles. The van der Waals surface area contributed by atoms with Gasteiger partial charge < -0.3 is 9.63 Å². The number of aliphatic hydroxyl groups excluding tert-OH is 1. The summed E-state index contributed by atoms with van der Waals surface area (Å²) < 4.78 is 35.6. The number of sulfonamides is 1. The number of nitrogens with zero attached hydrogens (tertiary/aromatic N) is 3. The van der Waals surface area contributed by atoms with Gasteiger partial charge in [0.2, 0.25) is 10.0 Å². The molecule has 2 unspecified atom stereocenters. The van der Waals surface area contributed by atoms with Crippen LogP contribution in [0.1, 0.15) is 22.9 Å². The minimum Gasteiger partial charge on any atom is -0.391 e. The Morgan fingerprint density at radius 3 is 2.69 bits per heavy atom. The molecule has 1 aliphatic rings. The Labute approximate surface area is 225 Å². The summed E-state index contributed by atoms with van der Waals surface area (Å²) >= 11 is 6.51. The molecular weight excluding hydrogens is 548 g/mol. The van der Waals surface area contributed by atoms with Crippen molar-refractivity contribution in [1.29, 1.82) is 0 Å². The van der Waals surface area contributed by atoms with Gasteiger partial charge in [-0.3, -0.25) is 19.5 Å². The Morgan fingerprint density at radius 1 is 1.15 bits per heavy atom. The van der Waals surface area contributed by atoms with Crippen LogP contribution >= 0.6 is 11.6 Å². The number of hydrogen-bond donors (Lipinski definition) is 2. The smallest absolute Gasteiger partial charge is 0.270 e. The minimum absolute atomic E-state index is 0.170. The molecule has 2 aromatic heterocycles. The van der Waals surface area contributed by atoms with E-state index < -0.39 is 32.7 Å². The molecule has 1 aliphatic carbocycles. The number of nitro benzene ring substituents is 1. The van der Waals surface area contributed by atoms with E-state index in [0.717, 1.165) is 6.07 Å². The van der Waals surface area contributed by atoms with Gasteiger partial charge in [0.25, 0.3) is 11.2 Å². The molecule has 2 atom stereocenters. The number of aryl methyl sites for hydroxylation is 1. The van der Waals surface area contributed by atoms with E-state index in [1.54, 1.807) is 43.3 Å². The van der Waals surface area contributed by atoms with Crippen molar-refractivity contribution in [2.45, 2.75) is 30.4 Å². The maximum absolute atomic E-state index is 13.7. The highest BCUT2D eigenvalue weighted by molar-refractivity contribution is 7.89. The summed E-state index contributed by atoms with van der Waals surface area (Å²) in [5.74, 6) is 0.324. The van der Waals surface area contributed by atoms with E-state index in [-0.39, 0.29) is 22.4 Å². The quantitative estimate of drug-likeness (QED) is 0.239. The number of aliphatic hydroxyl groups is 1. The van der Waals surface area contributed by atoms with Gasteiger partial charge in [0, 0.05) is 29.6 Å². The average molecular weight is 567 g/mol. The molecule has 0 saturated heterocycles. The molecule has 2 N–H and O–H groups in total. The summed E-state index contributed by atoms with van der Waals surface area (Å²) in [5.41, 5.74) is 1.62. The predicted molar refractivity (Wildman–Crippen MR) is 143 cm³/mol. The number of nitrogens with one attached hydrogen (secondary N) is 1. The molecule has 5 aromatic rings. The number of fused-ring (bicyclic) bond motifs is 4. The van der Waals surface area contributed by atoms with Crippen LogP contribution in [0, 0.1) is 17.0 Å². The Hall–Kier alpha value is -4.10. The second kappa shape index (κ2) is 8.99. The van der Waals surface area contributed by atoms with Crippen molar-refractivity contribution < 1.29 is 23.0 Å². The van der Waals surface area contributed by atoms with Gasteiger partial charge in [-0.1, -0.05) is 35.0 Å². The highest BCUT2D eigenvalue weighted by atomic mass is 35.5. The van der Waals surface area contributed by atoms with Crippen LogP contribution in [0.2, 0.25) is 5.02 Å². The van der Waals surface area contributed by atoms with Crippen LogP contribution in [0.15, 0.2) is 74.9 Å². The van der Waals surface area contributed by atoms with E-state index in [0.29, 0.717) is 44.0 Å². The third-order valence-corrected chi connectivity index (χ3v) is 8.66. The largest absolute Gasteiger partial charge is 0.391 e. The molecule has 13 heteroatoms. The molecule has 0 fully saturated rings. The van der Waals surface area contributed by atoms with E-state index in [9.17, 15) is 28.4 Å². The van der Waals surface area contributed by atoms with Crippen LogP contribution < -0.4 is 10.3 Å². The zero-order valence-corrected chi connectivity index (χ0v) is 21.7. The third-order valence-electron chi connectivity index (χ3n) is 6.91. The fraction of sp³-hybridized carbons (Fsp3) is 0.154. The first-order valence-electron chi connectivity index (χ1n) is 11.7. The molecular formula is C26H19ClN4O7S. The minimum atomic E-state index is -4.25. The van der Waals surface area contributed by atoms with Crippen LogP contribution in [-0.4, -0.2) is 34.3 Å². The van der Waals surface area contributed by atoms with E-state index >= 15 is 0 Å². The molecule has 0 aliphatic heterocycles. The number of nitro groups is 1. The number of non-ortho nitro benzene ring substituents is 1. The summed E-state index contributed by atoms with van der Waals surface area (Å²) in [7, 11) is -4.25. The van der Waals surface area contributed by atoms with Gasteiger partial charge >= 0.3 is 0 Å². The topological polar surface area (TPSA) is 158 Å². The van der Waals surface area contributed by atoms with E-state index in [4.69, 9.17) is 16.1 Å². The highest BCUT2D eigenvalue weighted by Crippen LogP contribution is 2.36. The van der Waals surface area contributed by atoms with Gasteiger partial charge in [0.15, 0.2) is 0 Å². The van der Waals surface area contributed by atoms with Crippen molar-refractivity contribution in [3.8, 4) is 5.69 Å². The van der Waals surface area contributed by atoms with Crippen LogP contribution in [-0.2, 0) is 16.4 Å². The van der Waals surface area contributed by atoms with E-state index in [1.807, 2.05) is 0 Å². The van der Waals surface area contributed by atoms with Crippen molar-refractivity contribution in [2.24, 2.45) is 0 Å². The number of benzene rings is 3. The number of rotatable bonds is 5. The average Bonchev–Trinajstić information content (AvgIpc) is 3.43. The highest BCUT2D eigenvalue weighted by Gasteiger charge is 2.35. The lowest BCUT2D eigenvalue weighted by molar-refractivity contribution is -0.385. The Bertz CT molecular complexity index is 2000. The van der Waals surface area contributed by atoms with Crippen molar-refractivity contribution in [2.75, 3.05) is 0 Å². The van der Waals surface area contributed by atoms with Gasteiger partial charge in [-0.25, -0.2) is 13.1 Å². The number of halogens is 1. The second-order valence-corrected chi connectivity index (χ2v) is 11.4. The fourth-order valence-electron chi connectivity index (χ4n) is 5.09. The van der Waals surface area contributed by atoms with Gasteiger partial charge in [-0.2, -0.15) is 0 Å². The summed E-state index contributed by atoms with van der Waals surface area (Å²) in [6, 6.07) is 13.8. The monoisotopic (exact) mass is 566 g/mol. The second-order valence-electron chi connectivity index (χ2n) is 9.24. The molecule has 0 saturated carbocycles. The molecule has 0 bridgehead atoms. The SMILES string of the molecule is Cc1onc2c1c(=O)n(-c1ccc3c(c1)C(NS(=O)(=O)c1cccc([N+](=O)[O-])c1)C(O)C3)c1cccc(Cl)c21. The summed E-state index contributed by atoms with van der Waals surface area (Å²) in [5, 5.41) is 27.1. The van der Waals surface area contributed by atoms with Crippen LogP contribution in [0.25, 0.3) is 27.5 Å². The number of pyridine rings is 1. The third kappa shape index (κ3) is 4.00. The first-order valence-corrected chi connectivity index (χ1v) is 13.6. The number of hydrogen-bond acceptors (Lipinski definition) is 8. The van der Waals surface area contributed by atoms with Gasteiger partial charge in [0.1, 0.15) is 16.7 Å². The van der Waals surface area contributed by atoms with Crippen molar-refractivity contribution in [1.82, 2.24) is 14.4 Å². The van der Waals surface area contributed by atoms with Crippen LogP contribution in [0.3, 0.4) is 0 Å². The van der Waals surface area contributed by atoms with Crippen LogP contribution in [0.5, 0.6) is 0 Å². The zero-order valence-electron chi connectivity index (χ0n) is 20.2. The Morgan fingerprint density at radius 2 is 1.92 bits per heavy atom. The summed E-state index contributed by atoms with van der Waals surface area (Å²) in [4.78, 5) is 23.8. The molecule has 3 aromatic carbocycles. The maximum Gasteiger partial charge on any atom is 0.270 e. The predicted octanol–water partition coefficient (Wildman–Crippen LogP) is 3.94. The molecule has 0 amide bonds. The lowest BCUT2D eigenvalue weighted by atomic mass is 10.1. The molecule has 6 rings (SSSR count). The van der Waals surface area contributed by atoms with Crippen molar-refractivity contribution in [3.05, 3.63) is 103 Å². The normalized spacial score (nSPS) is 17.1. The van der Waals surface area contributed by atoms with Crippen molar-refractivity contribution in [3.63, 3.8) is 0 Å². The van der Waals surface area contributed by atoms with Gasteiger partial charge in [0.05, 0.1) is 32.5 Å². The maximum atomic E-state index is 13.7. The zero-order chi connectivity index (χ0) is 27.6. The van der Waals surface area contributed by atoms with Gasteiger partial charge in [-0.05, 0) is 48.4 Å². The van der Waals surface area contributed by atoms with E-state index in [1.165, 1.54) is 22.8 Å². The van der Waals surface area contributed by atoms with E-state index in [2.05, 4.69) is 9.88 Å². The lowest BCUT2D eigenvalue weighted by Crippen LogP contribution is -2.34. The summed E-state index contributed by atoms with van der Waals surface area (Å²) in [6.07, 6.45) is -0.933.